The molecule has 5 aromatic rings. The SMILES string of the molecule is CC.CCCC(C)(C)C(CNC1CN(c2ccc3c(c2)C(=O)N(C2CCC(=O)NC2=O)C3=O)C1)NCC(n1nc(-c2ccc(CNC=O)cc2)c2c(N)ncnc21)C(C)(C)C.CF.COc1ccc(F)cc1C. The van der Waals surface area contributed by atoms with E-state index in [1.807, 2.05) is 55.8 Å². The van der Waals surface area contributed by atoms with Gasteiger partial charge >= 0.3 is 0 Å². The summed E-state index contributed by atoms with van der Waals surface area (Å²) in [5.41, 5.74) is 11.6. The van der Waals surface area contributed by atoms with Crippen molar-refractivity contribution in [1.82, 2.24) is 45.9 Å². The number of halogens is 2. The molecule has 19 heteroatoms. The predicted molar refractivity (Wildman–Crippen MR) is 280 cm³/mol. The van der Waals surface area contributed by atoms with Crippen LogP contribution in [0.4, 0.5) is 20.3 Å². The van der Waals surface area contributed by atoms with Crippen molar-refractivity contribution in [2.75, 3.05) is 51.1 Å². The number of fused-ring (bicyclic) bond motifs is 2. The molecule has 3 aliphatic rings. The van der Waals surface area contributed by atoms with Gasteiger partial charge in [0.1, 0.15) is 35.4 Å². The first-order valence-electron chi connectivity index (χ1n) is 24.8. The Morgan fingerprint density at radius 3 is 2.23 bits per heavy atom. The maximum absolute atomic E-state index is 13.4. The number of hydrogen-bond acceptors (Lipinski definition) is 13. The second-order valence-corrected chi connectivity index (χ2v) is 19.8. The van der Waals surface area contributed by atoms with Gasteiger partial charge in [-0.1, -0.05) is 86.1 Å². The summed E-state index contributed by atoms with van der Waals surface area (Å²) < 4.78 is 28.9. The quantitative estimate of drug-likeness (QED) is 0.0456. The van der Waals surface area contributed by atoms with Crippen LogP contribution in [0.15, 0.2) is 67.0 Å². The number of methoxy groups -OCH3 is 1. The van der Waals surface area contributed by atoms with E-state index in [-0.39, 0.29) is 58.7 Å². The third-order valence-electron chi connectivity index (χ3n) is 13.5. The first kappa shape index (κ1) is 57.0. The maximum Gasteiger partial charge on any atom is 0.262 e. The molecule has 5 amide bonds. The van der Waals surface area contributed by atoms with Crippen molar-refractivity contribution < 1.29 is 37.5 Å². The van der Waals surface area contributed by atoms with E-state index < -0.39 is 29.7 Å². The Hall–Kier alpha value is -6.86. The summed E-state index contributed by atoms with van der Waals surface area (Å²) in [5, 5.41) is 18.6. The molecule has 0 radical (unpaired) electrons. The Balaban J connectivity index is 0.000000620. The Kier molecular flexibility index (Phi) is 19.7. The van der Waals surface area contributed by atoms with Crippen LogP contribution < -0.4 is 36.6 Å². The van der Waals surface area contributed by atoms with Gasteiger partial charge in [-0.3, -0.25) is 38.6 Å². The monoisotopic (exact) mass is 1010 g/mol. The van der Waals surface area contributed by atoms with E-state index in [2.05, 4.69) is 72.7 Å². The number of rotatable bonds is 17. The van der Waals surface area contributed by atoms with Crippen LogP contribution in [0, 0.1) is 23.6 Å². The lowest BCUT2D eigenvalue weighted by molar-refractivity contribution is -0.136. The number of imide groups is 2. The van der Waals surface area contributed by atoms with Gasteiger partial charge in [-0.2, -0.15) is 5.10 Å². The number of carbonyl (C=O) groups is 5. The van der Waals surface area contributed by atoms with E-state index >= 15 is 0 Å². The molecular formula is C54H73F2N11O6. The lowest BCUT2D eigenvalue weighted by atomic mass is 9.79. The molecule has 2 fully saturated rings. The number of nitrogens with zero attached hydrogens (tertiary/aromatic N) is 6. The zero-order chi connectivity index (χ0) is 53.8. The van der Waals surface area contributed by atoms with Gasteiger partial charge in [0.25, 0.3) is 11.8 Å². The zero-order valence-electron chi connectivity index (χ0n) is 44.1. The largest absolute Gasteiger partial charge is 0.496 e. The number of ether oxygens (including phenoxy) is 1. The molecule has 394 valence electrons. The highest BCUT2D eigenvalue weighted by Crippen LogP contribution is 2.38. The van der Waals surface area contributed by atoms with E-state index in [1.54, 1.807) is 25.3 Å². The van der Waals surface area contributed by atoms with Gasteiger partial charge < -0.3 is 31.3 Å². The third kappa shape index (κ3) is 13.2. The van der Waals surface area contributed by atoms with Crippen molar-refractivity contribution in [2.24, 2.45) is 10.8 Å². The summed E-state index contributed by atoms with van der Waals surface area (Å²) in [6.07, 6.45) is 4.43. The number of piperidine rings is 1. The fourth-order valence-corrected chi connectivity index (χ4v) is 9.41. The minimum Gasteiger partial charge on any atom is -0.496 e. The Morgan fingerprint density at radius 2 is 1.62 bits per heavy atom. The number of hydrogen-bond donors (Lipinski definition) is 5. The number of nitrogens with one attached hydrogen (secondary N) is 4. The summed E-state index contributed by atoms with van der Waals surface area (Å²) in [4.78, 5) is 73.9. The molecule has 8 rings (SSSR count). The van der Waals surface area contributed by atoms with Crippen LogP contribution in [0.5, 0.6) is 5.75 Å². The highest BCUT2D eigenvalue weighted by molar-refractivity contribution is 6.23. The first-order valence-corrected chi connectivity index (χ1v) is 24.8. The van der Waals surface area contributed by atoms with Gasteiger partial charge in [0.2, 0.25) is 18.2 Å². The predicted octanol–water partition coefficient (Wildman–Crippen LogP) is 7.33. The van der Waals surface area contributed by atoms with Crippen molar-refractivity contribution in [2.45, 2.75) is 119 Å². The lowest BCUT2D eigenvalue weighted by Crippen LogP contribution is -2.61. The molecule has 0 spiro atoms. The molecule has 3 aliphatic heterocycles. The van der Waals surface area contributed by atoms with Crippen molar-refractivity contribution in [3.63, 3.8) is 0 Å². The molecule has 6 N–H and O–H groups in total. The summed E-state index contributed by atoms with van der Waals surface area (Å²) in [6.45, 7) is 22.5. The fraction of sp³-hybridized carbons (Fsp3) is 0.481. The fourth-order valence-electron chi connectivity index (χ4n) is 9.41. The number of amides is 5. The number of alkyl halides is 1. The van der Waals surface area contributed by atoms with Crippen LogP contribution in [0.1, 0.15) is 119 Å². The van der Waals surface area contributed by atoms with Crippen molar-refractivity contribution >= 4 is 52.6 Å². The molecule has 0 aliphatic carbocycles. The van der Waals surface area contributed by atoms with Crippen molar-refractivity contribution in [1.29, 1.82) is 0 Å². The molecule has 0 bridgehead atoms. The highest BCUT2D eigenvalue weighted by atomic mass is 19.1. The smallest absolute Gasteiger partial charge is 0.262 e. The minimum atomic E-state index is -0.996. The Morgan fingerprint density at radius 1 is 0.932 bits per heavy atom. The summed E-state index contributed by atoms with van der Waals surface area (Å²) in [5.74, 6) is -1.18. The van der Waals surface area contributed by atoms with Gasteiger partial charge in [0.15, 0.2) is 5.65 Å². The van der Waals surface area contributed by atoms with Crippen LogP contribution in [-0.4, -0.2) is 113 Å². The average molecular weight is 1010 g/mol. The number of carbonyl (C=O) groups excluding carboxylic acids is 5. The Labute approximate surface area is 427 Å². The van der Waals surface area contributed by atoms with E-state index in [1.165, 1.54) is 18.5 Å². The van der Waals surface area contributed by atoms with Crippen LogP contribution in [0.3, 0.4) is 0 Å². The molecular weight excluding hydrogens is 937 g/mol. The average Bonchev–Trinajstić information content (AvgIpc) is 3.85. The van der Waals surface area contributed by atoms with E-state index in [0.717, 1.165) is 65.5 Å². The van der Waals surface area contributed by atoms with Gasteiger partial charge in [0.05, 0.1) is 36.8 Å². The van der Waals surface area contributed by atoms with Gasteiger partial charge in [-0.15, -0.1) is 0 Å². The van der Waals surface area contributed by atoms with Crippen LogP contribution in [-0.2, 0) is 20.9 Å². The number of aryl methyl sites for hydroxylation is 1. The molecule has 3 atom stereocenters. The third-order valence-corrected chi connectivity index (χ3v) is 13.5. The van der Waals surface area contributed by atoms with E-state index in [0.29, 0.717) is 49.2 Å². The summed E-state index contributed by atoms with van der Waals surface area (Å²) in [6, 6.07) is 16.8. The maximum atomic E-state index is 13.4. The lowest BCUT2D eigenvalue weighted by Gasteiger charge is -2.44. The molecule has 3 aromatic carbocycles. The topological polar surface area (TPSA) is 219 Å². The molecule has 5 heterocycles. The molecule has 2 saturated heterocycles. The van der Waals surface area contributed by atoms with Gasteiger partial charge in [-0.05, 0) is 78.1 Å². The normalized spacial score (nSPS) is 16.4. The number of anilines is 2. The summed E-state index contributed by atoms with van der Waals surface area (Å²) >= 11 is 0. The minimum absolute atomic E-state index is 0.0424. The van der Waals surface area contributed by atoms with Gasteiger partial charge in [0, 0.05) is 62.5 Å². The number of nitrogen functional groups attached to an aromatic ring is 1. The number of nitrogens with two attached hydrogens (primary N) is 1. The first-order chi connectivity index (χ1) is 34.8. The molecule has 73 heavy (non-hydrogen) atoms. The van der Waals surface area contributed by atoms with Crippen molar-refractivity contribution in [3.8, 4) is 17.0 Å². The van der Waals surface area contributed by atoms with Crippen LogP contribution in [0.25, 0.3) is 22.3 Å². The molecule has 0 saturated carbocycles. The number of aromatic nitrogens is 4. The Bertz CT molecular complexity index is 2720. The zero-order valence-corrected chi connectivity index (χ0v) is 44.1. The number of benzene rings is 3. The van der Waals surface area contributed by atoms with Crippen LogP contribution >= 0.6 is 0 Å². The molecule has 2 aromatic heterocycles. The van der Waals surface area contributed by atoms with E-state index in [4.69, 9.17) is 20.6 Å². The van der Waals surface area contributed by atoms with Gasteiger partial charge in [-0.25, -0.2) is 19.0 Å². The second-order valence-electron chi connectivity index (χ2n) is 19.8. The standard InChI is InChI=1S/C43H55N11O5.C8H9FO.C2H6.CH3F/c1-7-16-43(5,6)32(19-46-27-21-52(22-27)28-12-13-29-30(17-28)41(59)53(40(29)58)31-14-15-34(56)50-39(31)57)47-20-33(42(2,3)4)54-38-35(37(44)48-23-49-38)36(51-54)26-10-8-25(9-11-26)18-45-24-55;1-6-5-7(9)3-4-8(6)10-2;2*1-2/h8-13,17,23-24,27,31-33,46-47H,7,14-16,18-22H2,1-6H3,(H,45,55)(H2,44,48,49)(H,50,56,57);3-5H,1-2H3;1-2H3;1H3. The second kappa shape index (κ2) is 25.2. The summed E-state index contributed by atoms with van der Waals surface area (Å²) in [7, 11) is 2.07. The van der Waals surface area contributed by atoms with Crippen LogP contribution in [0.2, 0.25) is 0 Å². The highest BCUT2D eigenvalue weighted by Gasteiger charge is 2.45. The van der Waals surface area contributed by atoms with E-state index in [9.17, 15) is 32.8 Å². The molecule has 3 unspecified atom stereocenters. The molecule has 17 nitrogen and oxygen atoms in total. The van der Waals surface area contributed by atoms with Crippen molar-refractivity contribution in [3.05, 3.63) is 95.1 Å².